The molecular weight excluding hydrogens is 981 g/mol. The summed E-state index contributed by atoms with van der Waals surface area (Å²) in [5.74, 6) is -0.743. The molecular formula is C18H34I2N2O18S2Zn2+6. The number of pyridine rings is 2. The molecule has 26 N–H and O–H groups in total. The number of benzene rings is 2. The summed E-state index contributed by atoms with van der Waals surface area (Å²) in [6, 6.07) is 7.90. The van der Waals surface area contributed by atoms with Crippen LogP contribution in [0.2, 0.25) is 0 Å². The van der Waals surface area contributed by atoms with E-state index in [4.69, 9.17) is 0 Å². The van der Waals surface area contributed by atoms with Crippen LogP contribution in [0.25, 0.3) is 21.8 Å². The molecule has 44 heavy (non-hydrogen) atoms. The molecule has 0 atom stereocenters. The average molecular weight is 1020 g/mol. The molecule has 0 aliphatic rings. The Labute approximate surface area is 301 Å². The van der Waals surface area contributed by atoms with Crippen LogP contribution < -0.4 is 10.2 Å². The van der Waals surface area contributed by atoms with Crippen LogP contribution >= 0.6 is 45.2 Å². The smallest absolute Gasteiger partial charge is 0.870 e. The molecule has 2 aromatic carbocycles. The summed E-state index contributed by atoms with van der Waals surface area (Å²) in [5, 5.41) is 23.4. The average Bonchev–Trinajstić information content (AvgIpc) is 2.72. The van der Waals surface area contributed by atoms with Crippen LogP contribution in [-0.4, -0.2) is 57.8 Å². The third-order valence-corrected chi connectivity index (χ3v) is 7.42. The zero-order valence-electron chi connectivity index (χ0n) is 22.2. The van der Waals surface area contributed by atoms with E-state index in [0.29, 0.717) is 0 Å². The van der Waals surface area contributed by atoms with Crippen LogP contribution in [0.5, 0.6) is 11.5 Å². The molecule has 0 amide bonds. The van der Waals surface area contributed by atoms with Crippen molar-refractivity contribution in [2.75, 3.05) is 0 Å². The number of aromatic nitrogens is 2. The first-order valence-electron chi connectivity index (χ1n) is 8.22. The van der Waals surface area contributed by atoms with Crippen LogP contribution in [0, 0.1) is 7.14 Å². The van der Waals surface area contributed by atoms with E-state index in [0.717, 1.165) is 12.1 Å². The second-order valence-electron chi connectivity index (χ2n) is 6.08. The fourth-order valence-electron chi connectivity index (χ4n) is 2.73. The Bertz CT molecular complexity index is 1480. The summed E-state index contributed by atoms with van der Waals surface area (Å²) in [7, 11) is -9.20. The third-order valence-electron chi connectivity index (χ3n) is 4.06. The quantitative estimate of drug-likeness (QED) is 0.0790. The molecule has 0 spiro atoms. The summed E-state index contributed by atoms with van der Waals surface area (Å²) in [6.07, 6.45) is 2.75. The van der Waals surface area contributed by atoms with Gasteiger partial charge >= 0.3 is 39.0 Å². The van der Waals surface area contributed by atoms with Crippen molar-refractivity contribution >= 4 is 87.2 Å². The monoisotopic (exact) mass is 1010 g/mol. The van der Waals surface area contributed by atoms with Crippen LogP contribution in [0.3, 0.4) is 0 Å². The van der Waals surface area contributed by atoms with Crippen LogP contribution in [0.4, 0.5) is 0 Å². The maximum atomic E-state index is 11.6. The Morgan fingerprint density at radius 3 is 1.05 bits per heavy atom. The van der Waals surface area contributed by atoms with Gasteiger partial charge in [0.1, 0.15) is 20.2 Å². The minimum Gasteiger partial charge on any atom is -0.870 e. The molecule has 0 aliphatic carbocycles. The minimum atomic E-state index is -4.60. The molecule has 0 radical (unpaired) electrons. The number of fused-ring (bicyclic) bond motifs is 2. The second kappa shape index (κ2) is 27.1. The number of hydrogen-bond donors (Lipinski definition) is 0. The normalized spacial score (nSPS) is 8.64. The second-order valence-corrected chi connectivity index (χ2v) is 11.1. The predicted molar refractivity (Wildman–Crippen MR) is 167 cm³/mol. The van der Waals surface area contributed by atoms with Gasteiger partial charge < -0.3 is 74.1 Å². The van der Waals surface area contributed by atoms with Crippen molar-refractivity contribution in [3.8, 4) is 11.5 Å². The topological polar surface area (TPSA) is 510 Å². The van der Waals surface area contributed by atoms with Crippen molar-refractivity contribution in [2.24, 2.45) is 0 Å². The van der Waals surface area contributed by atoms with E-state index in [1.807, 2.05) is 0 Å². The zero-order valence-corrected chi connectivity index (χ0v) is 34.1. The predicted octanol–water partition coefficient (Wildman–Crippen LogP) is -7.20. The summed E-state index contributed by atoms with van der Waals surface area (Å²) in [5.41, 5.74) is 0.00708. The van der Waals surface area contributed by atoms with Gasteiger partial charge in [-0.1, -0.05) is 23.6 Å². The van der Waals surface area contributed by atoms with E-state index < -0.39 is 30.0 Å². The summed E-state index contributed by atoms with van der Waals surface area (Å²) in [6.45, 7) is 0. The molecule has 4 aromatic rings. The molecule has 248 valence electrons. The first kappa shape index (κ1) is 69.6. The van der Waals surface area contributed by atoms with Gasteiger partial charge in [0.2, 0.25) is 0 Å². The van der Waals surface area contributed by atoms with E-state index in [1.165, 1.54) is 36.7 Å². The van der Waals surface area contributed by atoms with Gasteiger partial charge in [0, 0.05) is 30.3 Å². The molecule has 2 heterocycles. The number of hydrogen-bond acceptors (Lipinski definition) is 10. The van der Waals surface area contributed by atoms with Gasteiger partial charge in [0.25, 0.3) is 0 Å². The van der Waals surface area contributed by atoms with Gasteiger partial charge in [0.15, 0.2) is 0 Å². The van der Waals surface area contributed by atoms with Gasteiger partial charge in [-0.25, -0.2) is 16.8 Å². The van der Waals surface area contributed by atoms with Crippen molar-refractivity contribution in [1.82, 2.24) is 9.97 Å². The maximum Gasteiger partial charge on any atom is 2.00 e. The zero-order chi connectivity index (χ0) is 23.8. The van der Waals surface area contributed by atoms with Gasteiger partial charge in [0.05, 0.1) is 20.8 Å². The fraction of sp³-hybridized carbons (Fsp3) is 0. The van der Waals surface area contributed by atoms with E-state index in [2.05, 4.69) is 9.97 Å². The van der Waals surface area contributed by atoms with Crippen LogP contribution in [0.1, 0.15) is 0 Å². The molecule has 0 aliphatic heterocycles. The Morgan fingerprint density at radius 2 is 0.818 bits per heavy atom. The molecule has 0 unspecified atom stereocenters. The summed E-state index contributed by atoms with van der Waals surface area (Å²) >= 11 is 3.36. The molecule has 0 bridgehead atoms. The van der Waals surface area contributed by atoms with Gasteiger partial charge in [-0.15, -0.1) is 0 Å². The Morgan fingerprint density at radius 1 is 0.568 bits per heavy atom. The van der Waals surface area contributed by atoms with E-state index in [-0.39, 0.29) is 134 Å². The Hall–Kier alpha value is -1.01. The molecule has 26 heteroatoms. The molecule has 0 fully saturated rings. The van der Waals surface area contributed by atoms with Crippen molar-refractivity contribution in [3.05, 3.63) is 55.9 Å². The van der Waals surface area contributed by atoms with Gasteiger partial charge in [-0.3, -0.25) is 9.97 Å². The molecule has 4 rings (SSSR count). The molecule has 2 aromatic heterocycles. The van der Waals surface area contributed by atoms with Crippen molar-refractivity contribution in [1.29, 1.82) is 0 Å². The summed E-state index contributed by atoms with van der Waals surface area (Å²) < 4.78 is 66.5. The van der Waals surface area contributed by atoms with Crippen molar-refractivity contribution in [2.45, 2.75) is 9.79 Å². The van der Waals surface area contributed by atoms with Crippen molar-refractivity contribution in [3.63, 3.8) is 0 Å². The molecule has 20 nitrogen and oxygen atoms in total. The van der Waals surface area contributed by atoms with Gasteiger partial charge in [-0.05, 0) is 69.4 Å². The number of nitrogens with zero attached hydrogens (tertiary/aromatic N) is 2. The van der Waals surface area contributed by atoms with E-state index >= 15 is 0 Å². The Kier molecular flexibility index (Phi) is 42.9. The fourth-order valence-corrected chi connectivity index (χ4v) is 5.68. The molecule has 0 saturated carbocycles. The first-order chi connectivity index (χ1) is 14.8. The third kappa shape index (κ3) is 15.5. The van der Waals surface area contributed by atoms with Crippen molar-refractivity contribution < 1.29 is 130 Å². The minimum absolute atomic E-state index is 0. The summed E-state index contributed by atoms with van der Waals surface area (Å²) in [4.78, 5) is 6.78. The first-order valence-corrected chi connectivity index (χ1v) is 13.2. The standard InChI is InChI=1S/2C9H6INO4S.10H2O.2Zn/c2*10-6-4-7(16(13,14)15)5-2-1-3-11-8(5)9(6)12;;;;;;;;;;;;/h2*1-4,12H,(H,13,14,15);10*1H2;;/q;;;;;;;;;;;;2*+2/p+2. The van der Waals surface area contributed by atoms with E-state index in [9.17, 15) is 36.2 Å². The maximum absolute atomic E-state index is 11.6. The van der Waals surface area contributed by atoms with Crippen LogP contribution in [0.15, 0.2) is 58.6 Å². The largest absolute Gasteiger partial charge is 2.00 e. The number of halogens is 2. The molecule has 0 saturated heterocycles. The SMILES string of the molecule is O.O.O.O.O=S(=O)([O-])c1cc(I)c([O-])c2ncccc12.O=S(=O)([O-])c1cc(I)c([O-])c2ncccc12.[OH3+].[OH3+].[OH3+].[OH3+].[OH3+].[OH3+].[Zn+2].[Zn+2]. The van der Waals surface area contributed by atoms with E-state index in [1.54, 1.807) is 45.2 Å². The van der Waals surface area contributed by atoms with Gasteiger partial charge in [-0.2, -0.15) is 0 Å². The Balaban J connectivity index is -0.0000000516. The van der Waals surface area contributed by atoms with Crippen LogP contribution in [-0.2, 0) is 92.0 Å². The number of rotatable bonds is 2.